The van der Waals surface area contributed by atoms with E-state index in [1.807, 2.05) is 6.07 Å². The van der Waals surface area contributed by atoms with Crippen LogP contribution < -0.4 is 16.4 Å². The zero-order valence-electron chi connectivity index (χ0n) is 11.5. The number of hydrogen-bond donors (Lipinski definition) is 3. The van der Waals surface area contributed by atoms with E-state index < -0.39 is 6.04 Å². The minimum Gasteiger partial charge on any atom is -0.368 e. The summed E-state index contributed by atoms with van der Waals surface area (Å²) in [5.41, 5.74) is 5.73. The van der Waals surface area contributed by atoms with Gasteiger partial charge in [-0.05, 0) is 18.9 Å². The molecule has 0 aliphatic carbocycles. The average molecular weight is 305 g/mol. The van der Waals surface area contributed by atoms with Crippen LogP contribution in [0.15, 0.2) is 6.07 Å². The summed E-state index contributed by atoms with van der Waals surface area (Å²) < 4.78 is 0. The van der Waals surface area contributed by atoms with Gasteiger partial charge in [0, 0.05) is 11.3 Å². The molecule has 21 heavy (non-hydrogen) atoms. The number of rotatable bonds is 3. The van der Waals surface area contributed by atoms with E-state index in [-0.39, 0.29) is 17.8 Å². The Kier molecular flexibility index (Phi) is 3.46. The normalized spacial score (nSPS) is 18.8. The third-order valence-corrected chi connectivity index (χ3v) is 4.53. The molecule has 0 bridgehead atoms. The van der Waals surface area contributed by atoms with Crippen LogP contribution in [0, 0.1) is 0 Å². The number of nitrogens with two attached hydrogens (primary N) is 1. The van der Waals surface area contributed by atoms with Crippen molar-refractivity contribution < 1.29 is 9.59 Å². The molecule has 0 radical (unpaired) electrons. The first-order chi connectivity index (χ1) is 10.1. The maximum absolute atomic E-state index is 11.8. The smallest absolute Gasteiger partial charge is 0.249 e. The Morgan fingerprint density at radius 2 is 2.29 bits per heavy atom. The maximum atomic E-state index is 11.8. The van der Waals surface area contributed by atoms with Crippen LogP contribution in [-0.4, -0.2) is 27.8 Å². The zero-order valence-corrected chi connectivity index (χ0v) is 12.3. The van der Waals surface area contributed by atoms with Crippen LogP contribution in [0.3, 0.4) is 0 Å². The monoisotopic (exact) mass is 305 g/mol. The molecule has 4 N–H and O–H groups in total. The lowest BCUT2D eigenvalue weighted by Crippen LogP contribution is -2.47. The number of hydrogen-bond acceptors (Lipinski definition) is 7. The Hall–Kier alpha value is -2.22. The molecular weight excluding hydrogens is 290 g/mol. The highest BCUT2D eigenvalue weighted by Crippen LogP contribution is 2.30. The first-order valence-electron chi connectivity index (χ1n) is 6.73. The summed E-state index contributed by atoms with van der Waals surface area (Å²) in [6, 6.07) is 1.53. The number of carbonyl (C=O) groups is 2. The number of nitrogens with one attached hydrogen (secondary N) is 2. The molecule has 2 amide bonds. The van der Waals surface area contributed by atoms with Gasteiger partial charge >= 0.3 is 0 Å². The third-order valence-electron chi connectivity index (χ3n) is 3.36. The molecule has 1 aliphatic rings. The van der Waals surface area contributed by atoms with Crippen molar-refractivity contribution in [1.82, 2.24) is 15.3 Å². The number of aromatic nitrogens is 2. The fraction of sp³-hybridized carbons (Fsp3) is 0.385. The number of amides is 2. The van der Waals surface area contributed by atoms with Gasteiger partial charge in [0.2, 0.25) is 17.8 Å². The van der Waals surface area contributed by atoms with Gasteiger partial charge in [0.25, 0.3) is 0 Å². The predicted molar refractivity (Wildman–Crippen MR) is 81.0 cm³/mol. The minimum atomic E-state index is -0.481. The van der Waals surface area contributed by atoms with Crippen molar-refractivity contribution >= 4 is 45.1 Å². The molecular formula is C13H15N5O2S. The molecule has 110 valence electrons. The van der Waals surface area contributed by atoms with Crippen molar-refractivity contribution in [3.8, 4) is 0 Å². The van der Waals surface area contributed by atoms with Gasteiger partial charge in [-0.25, -0.2) is 4.98 Å². The number of fused-ring (bicyclic) bond motifs is 1. The van der Waals surface area contributed by atoms with Crippen molar-refractivity contribution in [3.05, 3.63) is 10.9 Å². The molecule has 7 nitrogen and oxygen atoms in total. The van der Waals surface area contributed by atoms with Crippen molar-refractivity contribution in [2.75, 3.05) is 11.1 Å². The van der Waals surface area contributed by atoms with E-state index in [9.17, 15) is 9.59 Å². The molecule has 0 saturated carbocycles. The lowest BCUT2D eigenvalue weighted by Gasteiger charge is -2.22. The molecule has 3 heterocycles. The summed E-state index contributed by atoms with van der Waals surface area (Å²) in [7, 11) is 0. The summed E-state index contributed by atoms with van der Waals surface area (Å²) in [6.07, 6.45) is 1.66. The van der Waals surface area contributed by atoms with Crippen molar-refractivity contribution in [3.63, 3.8) is 0 Å². The van der Waals surface area contributed by atoms with Crippen molar-refractivity contribution in [1.29, 1.82) is 0 Å². The summed E-state index contributed by atoms with van der Waals surface area (Å²) in [5, 5.41) is 6.26. The molecule has 2 aromatic heterocycles. The number of piperidine rings is 1. The quantitative estimate of drug-likeness (QED) is 0.731. The number of imide groups is 1. The number of carbonyl (C=O) groups excluding carboxylic acids is 2. The summed E-state index contributed by atoms with van der Waals surface area (Å²) in [6.45, 7) is 2.06. The Balaban J connectivity index is 1.94. The fourth-order valence-corrected chi connectivity index (χ4v) is 3.24. The second-order valence-electron chi connectivity index (χ2n) is 4.86. The second-order valence-corrected chi connectivity index (χ2v) is 5.98. The lowest BCUT2D eigenvalue weighted by molar-refractivity contribution is -0.133. The van der Waals surface area contributed by atoms with Gasteiger partial charge in [-0.3, -0.25) is 14.9 Å². The van der Waals surface area contributed by atoms with Crippen LogP contribution >= 0.6 is 11.3 Å². The van der Waals surface area contributed by atoms with E-state index in [0.29, 0.717) is 18.7 Å². The highest BCUT2D eigenvalue weighted by Gasteiger charge is 2.27. The summed E-state index contributed by atoms with van der Waals surface area (Å²) in [5.74, 6) is 0.140. The Morgan fingerprint density at radius 1 is 1.48 bits per heavy atom. The minimum absolute atomic E-state index is 0.168. The van der Waals surface area contributed by atoms with E-state index in [0.717, 1.165) is 16.6 Å². The number of aryl methyl sites for hydroxylation is 1. The summed E-state index contributed by atoms with van der Waals surface area (Å²) >= 11 is 1.56. The molecule has 3 rings (SSSR count). The largest absolute Gasteiger partial charge is 0.368 e. The average Bonchev–Trinajstić information content (AvgIpc) is 2.85. The highest BCUT2D eigenvalue weighted by molar-refractivity contribution is 7.18. The first-order valence-corrected chi connectivity index (χ1v) is 7.54. The van der Waals surface area contributed by atoms with E-state index in [1.165, 1.54) is 4.88 Å². The molecule has 1 unspecified atom stereocenters. The molecule has 1 atom stereocenters. The van der Waals surface area contributed by atoms with Crippen LogP contribution in [0.2, 0.25) is 0 Å². The second kappa shape index (κ2) is 5.28. The lowest BCUT2D eigenvalue weighted by atomic mass is 10.1. The molecule has 8 heteroatoms. The van der Waals surface area contributed by atoms with E-state index in [4.69, 9.17) is 5.73 Å². The Bertz CT molecular complexity index is 727. The number of thiophene rings is 1. The van der Waals surface area contributed by atoms with Crippen LogP contribution in [-0.2, 0) is 16.0 Å². The van der Waals surface area contributed by atoms with Gasteiger partial charge in [0.1, 0.15) is 16.7 Å². The van der Waals surface area contributed by atoms with Gasteiger partial charge in [-0.2, -0.15) is 4.98 Å². The van der Waals surface area contributed by atoms with Gasteiger partial charge in [0.15, 0.2) is 0 Å². The molecule has 0 spiro atoms. The molecule has 2 aromatic rings. The van der Waals surface area contributed by atoms with Crippen molar-refractivity contribution in [2.24, 2.45) is 0 Å². The van der Waals surface area contributed by atoms with Gasteiger partial charge in [-0.15, -0.1) is 11.3 Å². The fourth-order valence-electron chi connectivity index (χ4n) is 2.27. The van der Waals surface area contributed by atoms with Crippen molar-refractivity contribution in [2.45, 2.75) is 32.2 Å². The molecule has 1 aliphatic heterocycles. The first kappa shape index (κ1) is 13.7. The van der Waals surface area contributed by atoms with E-state index >= 15 is 0 Å². The molecule has 1 saturated heterocycles. The maximum Gasteiger partial charge on any atom is 0.249 e. The molecule has 1 fully saturated rings. The third kappa shape index (κ3) is 2.66. The van der Waals surface area contributed by atoms with Crippen LogP contribution in [0.5, 0.6) is 0 Å². The van der Waals surface area contributed by atoms with Gasteiger partial charge in [-0.1, -0.05) is 6.92 Å². The van der Waals surface area contributed by atoms with Gasteiger partial charge in [0.05, 0.1) is 5.39 Å². The van der Waals surface area contributed by atoms with Crippen LogP contribution in [0.25, 0.3) is 10.2 Å². The Morgan fingerprint density at radius 3 is 3.00 bits per heavy atom. The van der Waals surface area contributed by atoms with E-state index in [1.54, 1.807) is 11.3 Å². The number of nitrogen functional groups attached to an aromatic ring is 1. The zero-order chi connectivity index (χ0) is 15.0. The van der Waals surface area contributed by atoms with Gasteiger partial charge < -0.3 is 11.1 Å². The Labute approximate surface area is 125 Å². The standard InChI is InChI=1S/C13H15N5O2S/c1-2-6-5-7-10(17-13(14)18-12(7)21-6)15-8-3-4-9(19)16-11(8)20/h5,8H,2-4H2,1H3,(H,16,19,20)(H3,14,15,17,18). The van der Waals surface area contributed by atoms with E-state index in [2.05, 4.69) is 27.5 Å². The number of anilines is 2. The predicted octanol–water partition coefficient (Wildman–Crippen LogP) is 1.05. The topological polar surface area (TPSA) is 110 Å². The van der Waals surface area contributed by atoms with Crippen LogP contribution in [0.4, 0.5) is 11.8 Å². The SMILES string of the molecule is CCc1cc2c(NC3CCC(=O)NC3=O)nc(N)nc2s1. The highest BCUT2D eigenvalue weighted by atomic mass is 32.1. The number of nitrogens with zero attached hydrogens (tertiary/aromatic N) is 2. The van der Waals surface area contributed by atoms with Crippen LogP contribution in [0.1, 0.15) is 24.6 Å². The molecule has 0 aromatic carbocycles. The summed E-state index contributed by atoms with van der Waals surface area (Å²) in [4.78, 5) is 33.4.